The summed E-state index contributed by atoms with van der Waals surface area (Å²) < 4.78 is 7.85. The summed E-state index contributed by atoms with van der Waals surface area (Å²) in [5, 5.41) is 5.13. The van der Waals surface area contributed by atoms with Gasteiger partial charge in [-0.1, -0.05) is 11.6 Å². The molecule has 2 aromatic rings. The van der Waals surface area contributed by atoms with E-state index in [1.807, 2.05) is 47.0 Å². The van der Waals surface area contributed by atoms with Crippen LogP contribution in [0.3, 0.4) is 0 Å². The van der Waals surface area contributed by atoms with Gasteiger partial charge in [-0.25, -0.2) is 0 Å². The number of aromatic nitrogens is 2. The van der Waals surface area contributed by atoms with Crippen molar-refractivity contribution in [1.82, 2.24) is 14.7 Å². The first-order chi connectivity index (χ1) is 12.1. The van der Waals surface area contributed by atoms with Crippen molar-refractivity contribution in [1.29, 1.82) is 0 Å². The lowest BCUT2D eigenvalue weighted by molar-refractivity contribution is 0.0589. The van der Waals surface area contributed by atoms with Crippen molar-refractivity contribution in [3.8, 4) is 5.75 Å². The molecule has 0 bridgehead atoms. The van der Waals surface area contributed by atoms with Gasteiger partial charge in [-0.2, -0.15) is 5.10 Å². The summed E-state index contributed by atoms with van der Waals surface area (Å²) in [5.74, 6) is 1.46. The fraction of sp³-hybridized carbons (Fsp3) is 0.474. The van der Waals surface area contributed by atoms with Crippen molar-refractivity contribution < 1.29 is 9.53 Å². The third kappa shape index (κ3) is 3.66. The first-order valence-corrected chi connectivity index (χ1v) is 9.23. The fourth-order valence-corrected chi connectivity index (χ4v) is 3.52. The van der Waals surface area contributed by atoms with Gasteiger partial charge in [-0.05, 0) is 43.2 Å². The summed E-state index contributed by atoms with van der Waals surface area (Å²) in [5.41, 5.74) is 1.76. The van der Waals surface area contributed by atoms with Crippen molar-refractivity contribution in [2.75, 3.05) is 13.1 Å². The van der Waals surface area contributed by atoms with E-state index < -0.39 is 0 Å². The highest BCUT2D eigenvalue weighted by molar-refractivity contribution is 6.30. The Bertz CT molecular complexity index is 759. The molecule has 1 aromatic carbocycles. The Morgan fingerprint density at radius 2 is 1.84 bits per heavy atom. The molecule has 0 spiro atoms. The molecule has 1 aliphatic carbocycles. The Morgan fingerprint density at radius 3 is 2.48 bits per heavy atom. The minimum Gasteiger partial charge on any atom is -0.490 e. The van der Waals surface area contributed by atoms with Gasteiger partial charge in [0.15, 0.2) is 5.69 Å². The van der Waals surface area contributed by atoms with Gasteiger partial charge >= 0.3 is 0 Å². The SMILES string of the molecule is Cn1nc(C(=O)N2CCC(Oc3ccc(Cl)cc3)CC2)cc1C1CC1. The minimum absolute atomic E-state index is 0.0347. The maximum absolute atomic E-state index is 12.7. The zero-order valence-electron chi connectivity index (χ0n) is 14.3. The number of piperidine rings is 1. The second kappa shape index (κ2) is 6.71. The molecule has 1 aromatic heterocycles. The van der Waals surface area contributed by atoms with Crippen molar-refractivity contribution in [2.45, 2.75) is 37.7 Å². The second-order valence-corrected chi connectivity index (χ2v) is 7.35. The smallest absolute Gasteiger partial charge is 0.274 e. The topological polar surface area (TPSA) is 47.4 Å². The second-order valence-electron chi connectivity index (χ2n) is 6.92. The molecule has 1 amide bonds. The maximum Gasteiger partial charge on any atom is 0.274 e. The van der Waals surface area contributed by atoms with E-state index in [1.165, 1.54) is 18.5 Å². The molecule has 5 nitrogen and oxygen atoms in total. The number of likely N-dealkylation sites (tertiary alicyclic amines) is 1. The van der Waals surface area contributed by atoms with E-state index in [9.17, 15) is 4.79 Å². The van der Waals surface area contributed by atoms with Gasteiger partial charge in [0.1, 0.15) is 11.9 Å². The summed E-state index contributed by atoms with van der Waals surface area (Å²) in [6.45, 7) is 1.40. The average molecular weight is 360 g/mol. The molecule has 1 saturated heterocycles. The van der Waals surface area contributed by atoms with E-state index in [4.69, 9.17) is 16.3 Å². The van der Waals surface area contributed by atoms with Crippen LogP contribution in [0, 0.1) is 0 Å². The van der Waals surface area contributed by atoms with E-state index in [2.05, 4.69) is 5.10 Å². The summed E-state index contributed by atoms with van der Waals surface area (Å²) in [6.07, 6.45) is 4.21. The van der Waals surface area contributed by atoms with E-state index in [0.29, 0.717) is 29.7 Å². The zero-order valence-corrected chi connectivity index (χ0v) is 15.1. The normalized spacial score (nSPS) is 18.4. The van der Waals surface area contributed by atoms with Crippen LogP contribution in [0.25, 0.3) is 0 Å². The van der Waals surface area contributed by atoms with Crippen molar-refractivity contribution in [3.05, 3.63) is 46.7 Å². The van der Waals surface area contributed by atoms with Gasteiger partial charge in [-0.3, -0.25) is 9.48 Å². The molecule has 2 aliphatic rings. The number of hydrogen-bond acceptors (Lipinski definition) is 3. The van der Waals surface area contributed by atoms with Crippen LogP contribution in [-0.4, -0.2) is 39.8 Å². The van der Waals surface area contributed by atoms with Crippen molar-refractivity contribution in [2.24, 2.45) is 7.05 Å². The Hall–Kier alpha value is -2.01. The number of hydrogen-bond donors (Lipinski definition) is 0. The number of benzene rings is 1. The van der Waals surface area contributed by atoms with Crippen LogP contribution in [0.5, 0.6) is 5.75 Å². The lowest BCUT2D eigenvalue weighted by Crippen LogP contribution is -2.42. The summed E-state index contributed by atoms with van der Waals surface area (Å²) in [7, 11) is 1.93. The van der Waals surface area contributed by atoms with Gasteiger partial charge < -0.3 is 9.64 Å². The number of aryl methyl sites for hydroxylation is 1. The number of ether oxygens (including phenoxy) is 1. The molecule has 25 heavy (non-hydrogen) atoms. The standard InChI is InChI=1S/C19H22ClN3O2/c1-22-18(13-2-3-13)12-17(21-22)19(24)23-10-8-16(9-11-23)25-15-6-4-14(20)5-7-15/h4-7,12-13,16H,2-3,8-11H2,1H3. The van der Waals surface area contributed by atoms with Gasteiger partial charge in [0, 0.05) is 49.6 Å². The van der Waals surface area contributed by atoms with E-state index in [0.717, 1.165) is 18.6 Å². The quantitative estimate of drug-likeness (QED) is 0.837. The summed E-state index contributed by atoms with van der Waals surface area (Å²) in [6, 6.07) is 9.39. The Kier molecular flexibility index (Phi) is 4.42. The summed E-state index contributed by atoms with van der Waals surface area (Å²) >= 11 is 5.90. The molecule has 132 valence electrons. The molecular formula is C19H22ClN3O2. The minimum atomic E-state index is 0.0347. The zero-order chi connectivity index (χ0) is 17.4. The maximum atomic E-state index is 12.7. The van der Waals surface area contributed by atoms with Gasteiger partial charge in [0.2, 0.25) is 0 Å². The molecule has 1 aliphatic heterocycles. The predicted octanol–water partition coefficient (Wildman–Crippen LogP) is 3.63. The van der Waals surface area contributed by atoms with Crippen LogP contribution >= 0.6 is 11.6 Å². The van der Waals surface area contributed by atoms with Crippen LogP contribution in [0.4, 0.5) is 0 Å². The van der Waals surface area contributed by atoms with E-state index in [-0.39, 0.29) is 12.0 Å². The Balaban J connectivity index is 1.34. The van der Waals surface area contributed by atoms with Gasteiger partial charge in [0.25, 0.3) is 5.91 Å². The van der Waals surface area contributed by atoms with Crippen LogP contribution in [0.2, 0.25) is 5.02 Å². The Morgan fingerprint density at radius 1 is 1.16 bits per heavy atom. The number of halogens is 1. The highest BCUT2D eigenvalue weighted by atomic mass is 35.5. The largest absolute Gasteiger partial charge is 0.490 e. The monoisotopic (exact) mass is 359 g/mol. The lowest BCUT2D eigenvalue weighted by atomic mass is 10.1. The molecule has 2 heterocycles. The highest BCUT2D eigenvalue weighted by Gasteiger charge is 2.30. The van der Waals surface area contributed by atoms with Crippen molar-refractivity contribution >= 4 is 17.5 Å². The van der Waals surface area contributed by atoms with Crippen LogP contribution < -0.4 is 4.74 Å². The van der Waals surface area contributed by atoms with Crippen LogP contribution in [-0.2, 0) is 7.05 Å². The van der Waals surface area contributed by atoms with Gasteiger partial charge in [0.05, 0.1) is 0 Å². The average Bonchev–Trinajstić information content (AvgIpc) is 3.39. The molecule has 1 saturated carbocycles. The van der Waals surface area contributed by atoms with Crippen LogP contribution in [0.1, 0.15) is 47.8 Å². The third-order valence-electron chi connectivity index (χ3n) is 4.98. The molecule has 0 N–H and O–H groups in total. The number of nitrogens with zero attached hydrogens (tertiary/aromatic N) is 3. The first-order valence-electron chi connectivity index (χ1n) is 8.85. The van der Waals surface area contributed by atoms with Crippen LogP contribution in [0.15, 0.2) is 30.3 Å². The van der Waals surface area contributed by atoms with Gasteiger partial charge in [-0.15, -0.1) is 0 Å². The number of carbonyl (C=O) groups is 1. The molecule has 0 unspecified atom stereocenters. The molecule has 2 fully saturated rings. The first kappa shape index (κ1) is 16.5. The molecule has 0 radical (unpaired) electrons. The summed E-state index contributed by atoms with van der Waals surface area (Å²) in [4.78, 5) is 14.6. The van der Waals surface area contributed by atoms with E-state index in [1.54, 1.807) is 0 Å². The number of carbonyl (C=O) groups excluding carboxylic acids is 1. The number of rotatable bonds is 4. The predicted molar refractivity (Wildman–Crippen MR) is 96.2 cm³/mol. The Labute approximate surface area is 152 Å². The lowest BCUT2D eigenvalue weighted by Gasteiger charge is -2.31. The third-order valence-corrected chi connectivity index (χ3v) is 5.23. The number of amides is 1. The molecule has 6 heteroatoms. The molecule has 4 rings (SSSR count). The highest BCUT2D eigenvalue weighted by Crippen LogP contribution is 2.40. The van der Waals surface area contributed by atoms with E-state index >= 15 is 0 Å². The molecule has 0 atom stereocenters. The fourth-order valence-electron chi connectivity index (χ4n) is 3.39. The van der Waals surface area contributed by atoms with Crippen molar-refractivity contribution in [3.63, 3.8) is 0 Å². The molecular weight excluding hydrogens is 338 g/mol.